The molecular formula is C38H34Cl2N6O3. The van der Waals surface area contributed by atoms with Gasteiger partial charge in [-0.2, -0.15) is 0 Å². The van der Waals surface area contributed by atoms with Gasteiger partial charge in [0.15, 0.2) is 0 Å². The number of benzene rings is 3. The summed E-state index contributed by atoms with van der Waals surface area (Å²) in [5.41, 5.74) is 5.54. The normalized spacial score (nSPS) is 15.0. The van der Waals surface area contributed by atoms with Crippen molar-refractivity contribution in [1.29, 1.82) is 0 Å². The number of anilines is 1. The van der Waals surface area contributed by atoms with Crippen LogP contribution in [0.25, 0.3) is 33.4 Å². The van der Waals surface area contributed by atoms with Crippen LogP contribution in [0, 0.1) is 0 Å². The van der Waals surface area contributed by atoms with Crippen LogP contribution in [-0.2, 0) is 4.79 Å². The summed E-state index contributed by atoms with van der Waals surface area (Å²) in [4.78, 5) is 41.0. The van der Waals surface area contributed by atoms with Crippen molar-refractivity contribution in [3.8, 4) is 28.4 Å². The van der Waals surface area contributed by atoms with Crippen molar-refractivity contribution >= 4 is 51.6 Å². The van der Waals surface area contributed by atoms with Crippen LogP contribution in [0.1, 0.15) is 48.8 Å². The first-order valence-electron chi connectivity index (χ1n) is 16.1. The van der Waals surface area contributed by atoms with Gasteiger partial charge in [-0.15, -0.1) is 0 Å². The molecule has 2 atom stereocenters. The summed E-state index contributed by atoms with van der Waals surface area (Å²) in [6, 6.07) is 26.4. The fourth-order valence-electron chi connectivity index (χ4n) is 6.58. The molecule has 2 unspecified atom stereocenters. The molecule has 4 heterocycles. The van der Waals surface area contributed by atoms with Crippen LogP contribution >= 0.6 is 23.2 Å². The van der Waals surface area contributed by atoms with Gasteiger partial charge in [-0.1, -0.05) is 71.7 Å². The Morgan fingerprint density at radius 2 is 1.78 bits per heavy atom. The minimum atomic E-state index is -0.391. The largest absolute Gasteiger partial charge is 0.474 e. The van der Waals surface area contributed by atoms with Gasteiger partial charge in [-0.05, 0) is 61.7 Å². The van der Waals surface area contributed by atoms with Crippen LogP contribution in [-0.4, -0.2) is 55.4 Å². The topological polar surface area (TPSA) is 105 Å². The quantitative estimate of drug-likeness (QED) is 0.158. The first kappa shape index (κ1) is 32.4. The van der Waals surface area contributed by atoms with Crippen molar-refractivity contribution < 1.29 is 14.3 Å². The van der Waals surface area contributed by atoms with Crippen LogP contribution in [0.15, 0.2) is 97.5 Å². The van der Waals surface area contributed by atoms with E-state index in [9.17, 15) is 9.59 Å². The van der Waals surface area contributed by atoms with Crippen LogP contribution in [0.4, 0.5) is 5.69 Å². The number of imidazole rings is 1. The van der Waals surface area contributed by atoms with E-state index in [4.69, 9.17) is 32.9 Å². The number of halogens is 2. The molecule has 0 bridgehead atoms. The van der Waals surface area contributed by atoms with Crippen LogP contribution in [0.3, 0.4) is 0 Å². The molecule has 0 saturated carbocycles. The Hall–Kier alpha value is -5.12. The van der Waals surface area contributed by atoms with Gasteiger partial charge in [0.1, 0.15) is 18.0 Å². The van der Waals surface area contributed by atoms with Crippen LogP contribution in [0.2, 0.25) is 10.0 Å². The third-order valence-electron chi connectivity index (χ3n) is 9.05. The molecule has 0 aliphatic carbocycles. The maximum atomic E-state index is 14.4. The molecule has 49 heavy (non-hydrogen) atoms. The zero-order chi connectivity index (χ0) is 34.1. The Kier molecular flexibility index (Phi) is 9.12. The molecule has 1 saturated heterocycles. The van der Waals surface area contributed by atoms with Gasteiger partial charge < -0.3 is 24.5 Å². The zero-order valence-corrected chi connectivity index (χ0v) is 28.5. The van der Waals surface area contributed by atoms with Crippen molar-refractivity contribution in [3.05, 3.63) is 119 Å². The van der Waals surface area contributed by atoms with Crippen LogP contribution in [0.5, 0.6) is 5.88 Å². The fourth-order valence-corrected chi connectivity index (χ4v) is 6.88. The highest BCUT2D eigenvalue weighted by atomic mass is 35.5. The summed E-state index contributed by atoms with van der Waals surface area (Å²) in [6.45, 7) is 4.64. The lowest BCUT2D eigenvalue weighted by atomic mass is 9.99. The lowest BCUT2D eigenvalue weighted by Crippen LogP contribution is -2.37. The van der Waals surface area contributed by atoms with Gasteiger partial charge in [-0.3, -0.25) is 9.59 Å². The molecule has 248 valence electrons. The highest BCUT2D eigenvalue weighted by molar-refractivity contribution is 6.31. The molecule has 3 aromatic heterocycles. The van der Waals surface area contributed by atoms with E-state index < -0.39 is 5.91 Å². The van der Waals surface area contributed by atoms with Crippen molar-refractivity contribution in [2.45, 2.75) is 38.8 Å². The lowest BCUT2D eigenvalue weighted by molar-refractivity contribution is -0.130. The number of aromatic nitrogens is 4. The minimum absolute atomic E-state index is 0.0200. The molecule has 11 heteroatoms. The third-order valence-corrected chi connectivity index (χ3v) is 9.54. The van der Waals surface area contributed by atoms with Crippen molar-refractivity contribution in [2.75, 3.05) is 18.5 Å². The van der Waals surface area contributed by atoms with E-state index in [1.807, 2.05) is 84.0 Å². The number of pyridine rings is 1. The highest BCUT2D eigenvalue weighted by Gasteiger charge is 2.30. The molecule has 0 spiro atoms. The van der Waals surface area contributed by atoms with Gasteiger partial charge in [0.25, 0.3) is 5.91 Å². The van der Waals surface area contributed by atoms with Gasteiger partial charge in [0, 0.05) is 51.7 Å². The Bertz CT molecular complexity index is 2140. The minimum Gasteiger partial charge on any atom is -0.474 e. The highest BCUT2D eigenvalue weighted by Crippen LogP contribution is 2.41. The van der Waals surface area contributed by atoms with Crippen molar-refractivity contribution in [3.63, 3.8) is 0 Å². The molecule has 2 amide bonds. The summed E-state index contributed by atoms with van der Waals surface area (Å²) < 4.78 is 8.21. The number of hydrogen-bond acceptors (Lipinski definition) is 5. The lowest BCUT2D eigenvalue weighted by Gasteiger charge is -2.23. The average molecular weight is 694 g/mol. The SMILES string of the molecule is CC(=O)N1CCCC1COc1ncccc1NC(=O)c1[nH]c2cc(Cl)ccc2c1-c1c(-c2ccccc2)ncn1C(C)c1ccc(Cl)cc1. The van der Waals surface area contributed by atoms with Gasteiger partial charge in [0.05, 0.1) is 29.8 Å². The van der Waals surface area contributed by atoms with Gasteiger partial charge in [-0.25, -0.2) is 9.97 Å². The van der Waals surface area contributed by atoms with Crippen molar-refractivity contribution in [2.24, 2.45) is 0 Å². The number of carbonyl (C=O) groups is 2. The summed E-state index contributed by atoms with van der Waals surface area (Å²) >= 11 is 12.7. The smallest absolute Gasteiger partial charge is 0.272 e. The molecule has 1 aliphatic rings. The maximum Gasteiger partial charge on any atom is 0.272 e. The second-order valence-corrected chi connectivity index (χ2v) is 13.0. The summed E-state index contributed by atoms with van der Waals surface area (Å²) in [5.74, 6) is -0.0952. The standard InChI is InChI=1S/C38H34Cl2N6O3/c1-23(25-12-14-27(39)15-13-25)46-22-42-34(26-8-4-3-5-9-26)36(46)33-30-17-16-28(40)20-32(30)43-35(33)37(48)44-31-11-6-18-41-38(31)49-21-29-10-7-19-45(29)24(2)47/h3-6,8-9,11-18,20,22-23,29,43H,7,10,19,21H2,1-2H3,(H,44,48). The molecular weight excluding hydrogens is 659 g/mol. The number of hydrogen-bond donors (Lipinski definition) is 2. The van der Waals surface area contributed by atoms with E-state index in [-0.39, 0.29) is 30.5 Å². The number of amides is 2. The first-order valence-corrected chi connectivity index (χ1v) is 16.9. The maximum absolute atomic E-state index is 14.4. The molecule has 0 radical (unpaired) electrons. The molecule has 6 aromatic rings. The van der Waals surface area contributed by atoms with Gasteiger partial charge in [0.2, 0.25) is 11.8 Å². The third kappa shape index (κ3) is 6.51. The average Bonchev–Trinajstić information content (AvgIpc) is 3.85. The Labute approximate surface area is 293 Å². The van der Waals surface area contributed by atoms with E-state index in [2.05, 4.69) is 26.8 Å². The predicted octanol–water partition coefficient (Wildman–Crippen LogP) is 8.65. The number of carbonyl (C=O) groups excluding carboxylic acids is 2. The summed E-state index contributed by atoms with van der Waals surface area (Å²) in [6.07, 6.45) is 5.20. The molecule has 1 fully saturated rings. The van der Waals surface area contributed by atoms with E-state index in [0.717, 1.165) is 40.7 Å². The van der Waals surface area contributed by atoms with Crippen molar-refractivity contribution in [1.82, 2.24) is 24.4 Å². The molecule has 9 nitrogen and oxygen atoms in total. The molecule has 1 aliphatic heterocycles. The second kappa shape index (κ2) is 13.8. The number of ether oxygens (including phenoxy) is 1. The Morgan fingerprint density at radius 3 is 2.55 bits per heavy atom. The Balaban J connectivity index is 1.32. The van der Waals surface area contributed by atoms with Gasteiger partial charge >= 0.3 is 0 Å². The molecule has 3 aromatic carbocycles. The number of aromatic amines is 1. The first-order chi connectivity index (χ1) is 23.8. The number of nitrogens with zero attached hydrogens (tertiary/aromatic N) is 4. The fraction of sp³-hybridized carbons (Fsp3) is 0.211. The summed E-state index contributed by atoms with van der Waals surface area (Å²) in [5, 5.41) is 5.04. The van der Waals surface area contributed by atoms with E-state index in [1.165, 1.54) is 0 Å². The number of fused-ring (bicyclic) bond motifs is 1. The number of nitrogens with one attached hydrogen (secondary N) is 2. The molecule has 2 N–H and O–H groups in total. The monoisotopic (exact) mass is 692 g/mol. The predicted molar refractivity (Wildman–Crippen MR) is 193 cm³/mol. The van der Waals surface area contributed by atoms with E-state index in [0.29, 0.717) is 39.1 Å². The van der Waals surface area contributed by atoms with Crippen LogP contribution < -0.4 is 10.1 Å². The molecule has 7 rings (SSSR count). The van der Waals surface area contributed by atoms with E-state index in [1.54, 1.807) is 25.3 Å². The van der Waals surface area contributed by atoms with E-state index >= 15 is 0 Å². The number of rotatable bonds is 9. The summed E-state index contributed by atoms with van der Waals surface area (Å²) in [7, 11) is 0. The number of H-pyrrole nitrogens is 1. The number of likely N-dealkylation sites (tertiary alicyclic amines) is 1. The second-order valence-electron chi connectivity index (χ2n) is 12.1. The Morgan fingerprint density at radius 1 is 1.00 bits per heavy atom. The zero-order valence-electron chi connectivity index (χ0n) is 27.0.